The molecule has 1 aliphatic rings. The van der Waals surface area contributed by atoms with Crippen LogP contribution >= 0.6 is 0 Å². The van der Waals surface area contributed by atoms with E-state index in [4.69, 9.17) is 10.2 Å². The van der Waals surface area contributed by atoms with Gasteiger partial charge in [-0.3, -0.25) is 0 Å². The van der Waals surface area contributed by atoms with Crippen molar-refractivity contribution >= 4 is 28.0 Å². The summed E-state index contributed by atoms with van der Waals surface area (Å²) in [5.41, 5.74) is 3.08. The summed E-state index contributed by atoms with van der Waals surface area (Å²) >= 11 is 0. The molecule has 1 aliphatic carbocycles. The van der Waals surface area contributed by atoms with Gasteiger partial charge in [0.2, 0.25) is 0 Å². The lowest BCUT2D eigenvalue weighted by molar-refractivity contribution is 0.353. The Kier molecular flexibility index (Phi) is 7.49. The number of fused-ring (bicyclic) bond motifs is 2. The van der Waals surface area contributed by atoms with Crippen molar-refractivity contribution < 1.29 is 4.39 Å². The number of aromatic nitrogens is 6. The first-order valence-electron chi connectivity index (χ1n) is 10.6. The molecule has 9 heteroatoms. The lowest BCUT2D eigenvalue weighted by Gasteiger charge is -2.25. The van der Waals surface area contributed by atoms with Crippen molar-refractivity contribution in [1.29, 1.82) is 5.26 Å². The maximum Gasteiger partial charge on any atom is 0.182 e. The number of H-pyrrole nitrogens is 1. The third-order valence-electron chi connectivity index (χ3n) is 5.30. The highest BCUT2D eigenvalue weighted by Crippen LogP contribution is 2.33. The Labute approximate surface area is 180 Å². The maximum absolute atomic E-state index is 13.9. The van der Waals surface area contributed by atoms with Gasteiger partial charge in [0.1, 0.15) is 23.5 Å². The molecule has 3 aromatic heterocycles. The van der Waals surface area contributed by atoms with Gasteiger partial charge in [0.15, 0.2) is 11.5 Å². The predicted octanol–water partition coefficient (Wildman–Crippen LogP) is 5.12. The first-order valence-corrected chi connectivity index (χ1v) is 10.6. The predicted molar refractivity (Wildman–Crippen MR) is 119 cm³/mol. The fourth-order valence-electron chi connectivity index (χ4n) is 4.05. The van der Waals surface area contributed by atoms with E-state index in [0.29, 0.717) is 24.1 Å². The SMILES string of the molecule is C#N.CC.Fc1ccc2nc(CNc3ncnc4nc[nH]c34)n(C3CCCCC3)c2c1. The zero-order valence-electron chi connectivity index (χ0n) is 17.8. The van der Waals surface area contributed by atoms with Crippen LogP contribution in [0.15, 0.2) is 30.9 Å². The number of rotatable bonds is 4. The number of anilines is 1. The Balaban J connectivity index is 0.000000645. The van der Waals surface area contributed by atoms with E-state index in [9.17, 15) is 4.39 Å². The van der Waals surface area contributed by atoms with Crippen molar-refractivity contribution in [2.45, 2.75) is 58.5 Å². The van der Waals surface area contributed by atoms with E-state index in [1.807, 2.05) is 13.8 Å². The summed E-state index contributed by atoms with van der Waals surface area (Å²) in [4.78, 5) is 20.4. The molecule has 31 heavy (non-hydrogen) atoms. The van der Waals surface area contributed by atoms with E-state index >= 15 is 0 Å². The molecule has 1 saturated carbocycles. The van der Waals surface area contributed by atoms with Gasteiger partial charge in [0.05, 0.1) is 23.9 Å². The summed E-state index contributed by atoms with van der Waals surface area (Å²) in [7, 11) is 0. The summed E-state index contributed by atoms with van der Waals surface area (Å²) in [5.74, 6) is 1.36. The standard InChI is InChI=1S/C19H20FN7.C2H6.CHN/c20-12-6-7-14-15(8-12)27(13-4-2-1-3-5-13)16(26-14)9-21-18-17-19(23-10-22-17)25-11-24-18;2*1-2/h6-8,10-11,13H,1-5,9H2,(H2,21,22,23,24,25);1-2H3;1H. The lowest BCUT2D eigenvalue weighted by Crippen LogP contribution is -2.17. The van der Waals surface area contributed by atoms with E-state index in [-0.39, 0.29) is 5.82 Å². The fourth-order valence-corrected chi connectivity index (χ4v) is 4.05. The highest BCUT2D eigenvalue weighted by Gasteiger charge is 2.22. The topological polar surface area (TPSA) is 108 Å². The van der Waals surface area contributed by atoms with Crippen molar-refractivity contribution in [2.75, 3.05) is 5.32 Å². The van der Waals surface area contributed by atoms with E-state index in [2.05, 4.69) is 36.4 Å². The number of nitrogens with one attached hydrogen (secondary N) is 2. The largest absolute Gasteiger partial charge is 0.361 e. The molecule has 0 bridgehead atoms. The zero-order chi connectivity index (χ0) is 22.2. The third-order valence-corrected chi connectivity index (χ3v) is 5.30. The number of imidazole rings is 2. The van der Waals surface area contributed by atoms with Crippen molar-refractivity contribution in [2.24, 2.45) is 0 Å². The van der Waals surface area contributed by atoms with Gasteiger partial charge in [0, 0.05) is 12.6 Å². The summed E-state index contributed by atoms with van der Waals surface area (Å²) in [6.07, 6.45) is 8.97. The van der Waals surface area contributed by atoms with Crippen LogP contribution in [0.4, 0.5) is 10.2 Å². The number of nitrogens with zero attached hydrogens (tertiary/aromatic N) is 6. The second-order valence-electron chi connectivity index (χ2n) is 7.00. The van der Waals surface area contributed by atoms with Crippen LogP contribution in [0.3, 0.4) is 0 Å². The van der Waals surface area contributed by atoms with Crippen LogP contribution in [0.5, 0.6) is 0 Å². The van der Waals surface area contributed by atoms with Gasteiger partial charge < -0.3 is 14.9 Å². The normalized spacial score (nSPS) is 13.8. The Morgan fingerprint density at radius 1 is 1.16 bits per heavy atom. The average Bonchev–Trinajstić information content (AvgIpc) is 3.45. The van der Waals surface area contributed by atoms with Gasteiger partial charge >= 0.3 is 0 Å². The molecule has 0 spiro atoms. The van der Waals surface area contributed by atoms with Crippen LogP contribution in [0.2, 0.25) is 0 Å². The molecular formula is C22H27FN8. The van der Waals surface area contributed by atoms with Gasteiger partial charge in [-0.25, -0.2) is 29.6 Å². The highest BCUT2D eigenvalue weighted by molar-refractivity contribution is 5.82. The average molecular weight is 423 g/mol. The Morgan fingerprint density at radius 3 is 2.71 bits per heavy atom. The van der Waals surface area contributed by atoms with Crippen molar-refractivity contribution in [1.82, 2.24) is 29.5 Å². The van der Waals surface area contributed by atoms with Crippen molar-refractivity contribution in [3.63, 3.8) is 0 Å². The molecule has 5 rings (SSSR count). The molecule has 3 heterocycles. The van der Waals surface area contributed by atoms with Gasteiger partial charge in [-0.05, 0) is 31.0 Å². The highest BCUT2D eigenvalue weighted by atomic mass is 19.1. The first kappa shape index (κ1) is 22.2. The van der Waals surface area contributed by atoms with Gasteiger partial charge in [-0.1, -0.05) is 33.1 Å². The molecule has 0 radical (unpaired) electrons. The quantitative estimate of drug-likeness (QED) is 0.472. The smallest absolute Gasteiger partial charge is 0.182 e. The molecule has 0 saturated heterocycles. The molecule has 4 aromatic rings. The van der Waals surface area contributed by atoms with Crippen LogP contribution in [-0.4, -0.2) is 29.5 Å². The molecule has 8 nitrogen and oxygen atoms in total. The monoisotopic (exact) mass is 422 g/mol. The summed E-state index contributed by atoms with van der Waals surface area (Å²) < 4.78 is 16.1. The molecule has 2 N–H and O–H groups in total. The van der Waals surface area contributed by atoms with E-state index < -0.39 is 0 Å². The molecule has 0 amide bonds. The molecule has 1 fully saturated rings. The van der Waals surface area contributed by atoms with Gasteiger partial charge in [0.25, 0.3) is 0 Å². The van der Waals surface area contributed by atoms with E-state index in [1.54, 1.807) is 18.5 Å². The Morgan fingerprint density at radius 2 is 1.94 bits per heavy atom. The maximum atomic E-state index is 13.9. The number of hydrogen-bond donors (Lipinski definition) is 2. The third kappa shape index (κ3) is 4.63. The van der Waals surface area contributed by atoms with Crippen LogP contribution in [-0.2, 0) is 6.54 Å². The molecule has 162 valence electrons. The molecule has 0 atom stereocenters. The van der Waals surface area contributed by atoms with Crippen LogP contribution in [0.1, 0.15) is 57.8 Å². The van der Waals surface area contributed by atoms with E-state index in [1.165, 1.54) is 31.7 Å². The Hall–Kier alpha value is -3.54. The zero-order valence-corrected chi connectivity index (χ0v) is 17.8. The number of aromatic amines is 1. The lowest BCUT2D eigenvalue weighted by atomic mass is 9.95. The minimum Gasteiger partial charge on any atom is -0.361 e. The van der Waals surface area contributed by atoms with Crippen molar-refractivity contribution in [3.05, 3.63) is 42.5 Å². The minimum atomic E-state index is -0.228. The molecule has 0 unspecified atom stereocenters. The van der Waals surface area contributed by atoms with Crippen LogP contribution in [0.25, 0.3) is 22.2 Å². The number of nitriles is 1. The van der Waals surface area contributed by atoms with Crippen LogP contribution < -0.4 is 5.32 Å². The number of hydrogen-bond acceptors (Lipinski definition) is 6. The summed E-state index contributed by atoms with van der Waals surface area (Å²) in [6.45, 7) is 8.00. The van der Waals surface area contributed by atoms with Crippen molar-refractivity contribution in [3.8, 4) is 6.57 Å². The number of halogens is 1. The molecule has 1 aromatic carbocycles. The van der Waals surface area contributed by atoms with Gasteiger partial charge in [-0.2, -0.15) is 0 Å². The van der Waals surface area contributed by atoms with E-state index in [0.717, 1.165) is 35.2 Å². The number of benzene rings is 1. The molecule has 0 aliphatic heterocycles. The minimum absolute atomic E-state index is 0.228. The fraction of sp³-hybridized carbons (Fsp3) is 0.409. The second-order valence-corrected chi connectivity index (χ2v) is 7.00. The van der Waals surface area contributed by atoms with Crippen LogP contribution in [0, 0.1) is 17.7 Å². The molecular weight excluding hydrogens is 395 g/mol. The summed E-state index contributed by atoms with van der Waals surface area (Å²) in [5, 5.41) is 9.85. The summed E-state index contributed by atoms with van der Waals surface area (Å²) in [6, 6.07) is 5.18. The first-order chi connectivity index (χ1) is 15.3. The second kappa shape index (κ2) is 10.5. The van der Waals surface area contributed by atoms with Gasteiger partial charge in [-0.15, -0.1) is 0 Å². The Bertz CT molecular complexity index is 1140.